The molecule has 5 nitrogen and oxygen atoms in total. The smallest absolute Gasteiger partial charge is 0.187 e. The van der Waals surface area contributed by atoms with Gasteiger partial charge in [-0.1, -0.05) is 0 Å². The number of nitrogens with one attached hydrogen (secondary N) is 1. The predicted molar refractivity (Wildman–Crippen MR) is 41.5 cm³/mol. The monoisotopic (exact) mass is 160 g/mol. The second kappa shape index (κ2) is 1.82. The van der Waals surface area contributed by atoms with E-state index in [4.69, 9.17) is 4.52 Å². The molecule has 0 atom stereocenters. The van der Waals surface area contributed by atoms with Gasteiger partial charge in [-0.25, -0.2) is 10.1 Å². The molecule has 0 aliphatic carbocycles. The summed E-state index contributed by atoms with van der Waals surface area (Å²) in [5, 5.41) is 12.0. The van der Waals surface area contributed by atoms with Gasteiger partial charge in [-0.2, -0.15) is 5.10 Å². The van der Waals surface area contributed by atoms with Crippen LogP contribution in [0.25, 0.3) is 22.0 Å². The van der Waals surface area contributed by atoms with Crippen molar-refractivity contribution in [3.8, 4) is 0 Å². The zero-order chi connectivity index (χ0) is 7.97. The molecular weight excluding hydrogens is 156 g/mol. The summed E-state index contributed by atoms with van der Waals surface area (Å²) in [6.07, 6.45) is 5.09. The van der Waals surface area contributed by atoms with Gasteiger partial charge in [-0.15, -0.1) is 5.10 Å². The molecule has 0 unspecified atom stereocenters. The summed E-state index contributed by atoms with van der Waals surface area (Å²) in [6, 6.07) is 0. The van der Waals surface area contributed by atoms with Crippen LogP contribution in [0.2, 0.25) is 0 Å². The van der Waals surface area contributed by atoms with Crippen LogP contribution in [0.1, 0.15) is 0 Å². The van der Waals surface area contributed by atoms with Gasteiger partial charge in [0.1, 0.15) is 0 Å². The van der Waals surface area contributed by atoms with E-state index < -0.39 is 0 Å². The van der Waals surface area contributed by atoms with Gasteiger partial charge in [0.05, 0.1) is 17.0 Å². The summed E-state index contributed by atoms with van der Waals surface area (Å²) in [4.78, 5) is 4.09. The molecule has 0 radical (unpaired) electrons. The summed E-state index contributed by atoms with van der Waals surface area (Å²) in [6.45, 7) is 0. The Labute approximate surface area is 66.4 Å². The third-order valence-corrected chi connectivity index (χ3v) is 1.79. The van der Waals surface area contributed by atoms with E-state index in [0.29, 0.717) is 5.65 Å². The van der Waals surface area contributed by atoms with Crippen LogP contribution in [0.4, 0.5) is 0 Å². The molecule has 0 fully saturated rings. The Hall–Kier alpha value is -1.91. The number of hydrogen-bond donors (Lipinski definition) is 1. The lowest BCUT2D eigenvalue weighted by molar-refractivity contribution is 0.458. The SMILES string of the molecule is c1nc2nncc2c2o[nH]cc12. The zero-order valence-corrected chi connectivity index (χ0v) is 5.98. The zero-order valence-electron chi connectivity index (χ0n) is 5.98. The van der Waals surface area contributed by atoms with Gasteiger partial charge in [0, 0.05) is 12.4 Å². The van der Waals surface area contributed by atoms with Crippen molar-refractivity contribution in [2.24, 2.45) is 0 Å². The second-order valence-corrected chi connectivity index (χ2v) is 2.49. The first-order chi connectivity index (χ1) is 5.95. The Morgan fingerprint density at radius 2 is 2.33 bits per heavy atom. The molecule has 1 N–H and O–H groups in total. The van der Waals surface area contributed by atoms with Crippen molar-refractivity contribution in [1.29, 1.82) is 0 Å². The van der Waals surface area contributed by atoms with Crippen LogP contribution >= 0.6 is 0 Å². The molecule has 0 saturated heterocycles. The van der Waals surface area contributed by atoms with Gasteiger partial charge in [-0.3, -0.25) is 0 Å². The lowest BCUT2D eigenvalue weighted by Gasteiger charge is -1.85. The maximum atomic E-state index is 5.14. The number of rotatable bonds is 0. The Kier molecular flexibility index (Phi) is 0.864. The maximum Gasteiger partial charge on any atom is 0.187 e. The number of hydrogen-bond acceptors (Lipinski definition) is 4. The molecule has 3 aromatic rings. The highest BCUT2D eigenvalue weighted by atomic mass is 16.5. The molecule has 3 aromatic heterocycles. The molecule has 58 valence electrons. The Morgan fingerprint density at radius 3 is 3.33 bits per heavy atom. The van der Waals surface area contributed by atoms with E-state index in [2.05, 4.69) is 20.3 Å². The molecule has 3 heterocycles. The van der Waals surface area contributed by atoms with Crippen LogP contribution < -0.4 is 0 Å². The quantitative estimate of drug-likeness (QED) is 0.534. The van der Waals surface area contributed by atoms with Crippen LogP contribution in [0, 0.1) is 0 Å². The fraction of sp³-hybridized carbons (Fsp3) is 0. The van der Waals surface area contributed by atoms with E-state index in [1.165, 1.54) is 0 Å². The van der Waals surface area contributed by atoms with Crippen LogP contribution in [-0.4, -0.2) is 20.3 Å². The number of aromatic amines is 1. The van der Waals surface area contributed by atoms with Crippen LogP contribution in [0.15, 0.2) is 23.1 Å². The van der Waals surface area contributed by atoms with Crippen molar-refractivity contribution in [2.45, 2.75) is 0 Å². The first kappa shape index (κ1) is 5.70. The topological polar surface area (TPSA) is 67.6 Å². The van der Waals surface area contributed by atoms with E-state index >= 15 is 0 Å². The second-order valence-electron chi connectivity index (χ2n) is 2.49. The highest BCUT2D eigenvalue weighted by Gasteiger charge is 2.06. The molecule has 0 amide bonds. The Bertz CT molecular complexity index is 489. The predicted octanol–water partition coefficient (Wildman–Crippen LogP) is 1.10. The van der Waals surface area contributed by atoms with E-state index in [9.17, 15) is 0 Å². The van der Waals surface area contributed by atoms with Gasteiger partial charge in [0.25, 0.3) is 0 Å². The first-order valence-electron chi connectivity index (χ1n) is 3.48. The van der Waals surface area contributed by atoms with Crippen molar-refractivity contribution in [2.75, 3.05) is 0 Å². The van der Waals surface area contributed by atoms with Crippen LogP contribution in [0.5, 0.6) is 0 Å². The van der Waals surface area contributed by atoms with Gasteiger partial charge in [0.2, 0.25) is 0 Å². The number of H-pyrrole nitrogens is 1. The number of fused-ring (bicyclic) bond motifs is 3. The minimum atomic E-state index is 0.617. The lowest BCUT2D eigenvalue weighted by Crippen LogP contribution is -1.74. The largest absolute Gasteiger partial charge is 0.381 e. The van der Waals surface area contributed by atoms with Gasteiger partial charge < -0.3 is 4.52 Å². The van der Waals surface area contributed by atoms with Crippen molar-refractivity contribution in [3.63, 3.8) is 0 Å². The molecule has 0 saturated carbocycles. The van der Waals surface area contributed by atoms with Gasteiger partial charge in [-0.05, 0) is 0 Å². The molecule has 0 spiro atoms. The maximum absolute atomic E-state index is 5.14. The Balaban J connectivity index is 2.71. The molecule has 0 bridgehead atoms. The summed E-state index contributed by atoms with van der Waals surface area (Å²) < 4.78 is 5.14. The molecule has 12 heavy (non-hydrogen) atoms. The first-order valence-corrected chi connectivity index (χ1v) is 3.48. The van der Waals surface area contributed by atoms with Crippen molar-refractivity contribution in [1.82, 2.24) is 20.3 Å². The molecule has 0 aromatic carbocycles. The Morgan fingerprint density at radius 1 is 1.33 bits per heavy atom. The summed E-state index contributed by atoms with van der Waals surface area (Å²) in [5.41, 5.74) is 1.37. The van der Waals surface area contributed by atoms with E-state index in [0.717, 1.165) is 16.4 Å². The third kappa shape index (κ3) is 0.554. The molecule has 0 aliphatic rings. The lowest BCUT2D eigenvalue weighted by atomic mass is 10.3. The fourth-order valence-corrected chi connectivity index (χ4v) is 1.22. The minimum Gasteiger partial charge on any atom is -0.381 e. The molecule has 3 rings (SSSR count). The van der Waals surface area contributed by atoms with Gasteiger partial charge >= 0.3 is 0 Å². The van der Waals surface area contributed by atoms with Crippen LogP contribution in [0.3, 0.4) is 0 Å². The fourth-order valence-electron chi connectivity index (χ4n) is 1.22. The van der Waals surface area contributed by atoms with E-state index in [-0.39, 0.29) is 0 Å². The molecular formula is C7H4N4O. The van der Waals surface area contributed by atoms with Crippen molar-refractivity contribution < 1.29 is 4.52 Å². The van der Waals surface area contributed by atoms with Crippen molar-refractivity contribution in [3.05, 3.63) is 18.6 Å². The number of nitrogens with zero attached hydrogens (tertiary/aromatic N) is 3. The summed E-state index contributed by atoms with van der Waals surface area (Å²) >= 11 is 0. The number of pyridine rings is 1. The standard InChI is InChI=1S/C7H4N4O/c1-4-2-10-12-6(4)5-3-9-11-7(5)8-1/h1-3,10H. The summed E-state index contributed by atoms with van der Waals surface area (Å²) in [7, 11) is 0. The normalized spacial score (nSPS) is 11.3. The molecule has 5 heteroatoms. The van der Waals surface area contributed by atoms with Crippen LogP contribution in [-0.2, 0) is 0 Å². The third-order valence-electron chi connectivity index (χ3n) is 1.79. The van der Waals surface area contributed by atoms with Gasteiger partial charge in [0.15, 0.2) is 11.2 Å². The summed E-state index contributed by atoms with van der Waals surface area (Å²) in [5.74, 6) is 0. The average molecular weight is 160 g/mol. The number of aromatic nitrogens is 4. The molecule has 0 aliphatic heterocycles. The average Bonchev–Trinajstić information content (AvgIpc) is 2.71. The highest BCUT2D eigenvalue weighted by molar-refractivity contribution is 5.99. The van der Waals surface area contributed by atoms with E-state index in [1.807, 2.05) is 0 Å². The van der Waals surface area contributed by atoms with E-state index in [1.54, 1.807) is 18.6 Å². The van der Waals surface area contributed by atoms with Crippen molar-refractivity contribution >= 4 is 22.0 Å². The minimum absolute atomic E-state index is 0.617. The highest BCUT2D eigenvalue weighted by Crippen LogP contribution is 2.20.